The fraction of sp³-hybridized carbons (Fsp3) is 0.909. The van der Waals surface area contributed by atoms with Crippen LogP contribution in [0.1, 0.15) is 39.5 Å². The first kappa shape index (κ1) is 13.6. The minimum absolute atomic E-state index is 0.0245. The van der Waals surface area contributed by atoms with E-state index in [9.17, 15) is 4.79 Å². The quantitative estimate of drug-likeness (QED) is 0.581. The van der Waals surface area contributed by atoms with E-state index in [1.165, 1.54) is 0 Å². The molecule has 3 N–H and O–H groups in total. The highest BCUT2D eigenvalue weighted by molar-refractivity contribution is 5.85. The molecule has 0 aromatic rings. The molecular formula is C11H24N2O. The molecule has 0 saturated carbocycles. The summed E-state index contributed by atoms with van der Waals surface area (Å²) in [5.41, 5.74) is 5.41. The first-order valence-electron chi connectivity index (χ1n) is 5.58. The summed E-state index contributed by atoms with van der Waals surface area (Å²) in [6.07, 6.45) is 3.88. The number of Topliss-reactive ketones (excluding diaryl/α,β-unsaturated/α-hetero) is 1. The van der Waals surface area contributed by atoms with Crippen LogP contribution in [0.4, 0.5) is 0 Å². The average molecular weight is 200 g/mol. The fourth-order valence-electron chi connectivity index (χ4n) is 1.47. The number of rotatable bonds is 8. The number of hydrogen-bond acceptors (Lipinski definition) is 3. The van der Waals surface area contributed by atoms with Crippen molar-refractivity contribution in [2.24, 2.45) is 11.7 Å². The van der Waals surface area contributed by atoms with Crippen LogP contribution in [0.15, 0.2) is 0 Å². The SMILES string of the molecule is CCC(C)C(=O)C(CCCCN)NC. The van der Waals surface area contributed by atoms with Crippen LogP contribution < -0.4 is 11.1 Å². The van der Waals surface area contributed by atoms with Crippen molar-refractivity contribution in [1.82, 2.24) is 5.32 Å². The number of hydrogen-bond donors (Lipinski definition) is 2. The molecule has 0 aliphatic carbocycles. The highest BCUT2D eigenvalue weighted by Crippen LogP contribution is 2.10. The number of unbranched alkanes of at least 4 members (excludes halogenated alkanes) is 1. The molecule has 0 bridgehead atoms. The maximum absolute atomic E-state index is 11.8. The van der Waals surface area contributed by atoms with E-state index in [1.54, 1.807) is 0 Å². The molecule has 2 unspecified atom stereocenters. The van der Waals surface area contributed by atoms with Gasteiger partial charge in [-0.1, -0.05) is 20.3 Å². The molecule has 84 valence electrons. The van der Waals surface area contributed by atoms with Gasteiger partial charge in [-0.15, -0.1) is 0 Å². The molecule has 2 atom stereocenters. The van der Waals surface area contributed by atoms with Crippen molar-refractivity contribution in [1.29, 1.82) is 0 Å². The molecule has 3 heteroatoms. The minimum atomic E-state index is 0.0245. The number of ketones is 1. The molecule has 0 heterocycles. The van der Waals surface area contributed by atoms with Gasteiger partial charge in [-0.3, -0.25) is 4.79 Å². The van der Waals surface area contributed by atoms with Gasteiger partial charge in [-0.25, -0.2) is 0 Å². The lowest BCUT2D eigenvalue weighted by atomic mass is 9.94. The second-order valence-corrected chi connectivity index (χ2v) is 3.84. The lowest BCUT2D eigenvalue weighted by Crippen LogP contribution is -2.37. The first-order valence-corrected chi connectivity index (χ1v) is 5.58. The van der Waals surface area contributed by atoms with Crippen molar-refractivity contribution in [2.75, 3.05) is 13.6 Å². The molecule has 0 rings (SSSR count). The van der Waals surface area contributed by atoms with E-state index in [1.807, 2.05) is 14.0 Å². The molecular weight excluding hydrogens is 176 g/mol. The Kier molecular flexibility index (Phi) is 7.71. The lowest BCUT2D eigenvalue weighted by Gasteiger charge is -2.18. The Hall–Kier alpha value is -0.410. The van der Waals surface area contributed by atoms with Gasteiger partial charge in [0.2, 0.25) is 0 Å². The second-order valence-electron chi connectivity index (χ2n) is 3.84. The van der Waals surface area contributed by atoms with Gasteiger partial charge >= 0.3 is 0 Å². The number of carbonyl (C=O) groups excluding carboxylic acids is 1. The van der Waals surface area contributed by atoms with E-state index in [2.05, 4.69) is 12.2 Å². The molecule has 0 aliphatic rings. The summed E-state index contributed by atoms with van der Waals surface area (Å²) < 4.78 is 0. The fourth-order valence-corrected chi connectivity index (χ4v) is 1.47. The van der Waals surface area contributed by atoms with Crippen molar-refractivity contribution < 1.29 is 4.79 Å². The third-order valence-corrected chi connectivity index (χ3v) is 2.74. The van der Waals surface area contributed by atoms with Crippen LogP contribution >= 0.6 is 0 Å². The number of nitrogens with one attached hydrogen (secondary N) is 1. The number of nitrogens with two attached hydrogens (primary N) is 1. The Morgan fingerprint density at radius 2 is 2.07 bits per heavy atom. The van der Waals surface area contributed by atoms with Crippen LogP contribution in [-0.2, 0) is 4.79 Å². The maximum atomic E-state index is 11.8. The van der Waals surface area contributed by atoms with E-state index >= 15 is 0 Å². The van der Waals surface area contributed by atoms with Gasteiger partial charge in [-0.05, 0) is 32.9 Å². The van der Waals surface area contributed by atoms with E-state index in [4.69, 9.17) is 5.73 Å². The van der Waals surface area contributed by atoms with Crippen LogP contribution in [0.2, 0.25) is 0 Å². The molecule has 3 nitrogen and oxygen atoms in total. The Balaban J connectivity index is 3.92. The summed E-state index contributed by atoms with van der Waals surface area (Å²) in [6.45, 7) is 4.76. The van der Waals surface area contributed by atoms with Crippen LogP contribution in [0.25, 0.3) is 0 Å². The summed E-state index contributed by atoms with van der Waals surface area (Å²) in [5.74, 6) is 0.511. The number of carbonyl (C=O) groups is 1. The zero-order chi connectivity index (χ0) is 11.0. The summed E-state index contributed by atoms with van der Waals surface area (Å²) in [4.78, 5) is 11.8. The van der Waals surface area contributed by atoms with Crippen LogP contribution in [0.3, 0.4) is 0 Å². The van der Waals surface area contributed by atoms with Crippen molar-refractivity contribution in [3.8, 4) is 0 Å². The smallest absolute Gasteiger partial charge is 0.152 e. The molecule has 0 amide bonds. The van der Waals surface area contributed by atoms with E-state index in [-0.39, 0.29) is 12.0 Å². The van der Waals surface area contributed by atoms with E-state index in [0.29, 0.717) is 12.3 Å². The summed E-state index contributed by atoms with van der Waals surface area (Å²) in [7, 11) is 1.85. The minimum Gasteiger partial charge on any atom is -0.330 e. The average Bonchev–Trinajstić information content (AvgIpc) is 2.22. The molecule has 0 fully saturated rings. The van der Waals surface area contributed by atoms with Crippen molar-refractivity contribution in [3.05, 3.63) is 0 Å². The largest absolute Gasteiger partial charge is 0.330 e. The standard InChI is InChI=1S/C11H24N2O/c1-4-9(2)11(14)10(13-3)7-5-6-8-12/h9-10,13H,4-8,12H2,1-3H3. The predicted molar refractivity (Wildman–Crippen MR) is 60.2 cm³/mol. The van der Waals surface area contributed by atoms with Gasteiger partial charge in [0.15, 0.2) is 5.78 Å². The maximum Gasteiger partial charge on any atom is 0.152 e. The predicted octanol–water partition coefficient (Wildman–Crippen LogP) is 1.32. The Morgan fingerprint density at radius 1 is 1.43 bits per heavy atom. The topological polar surface area (TPSA) is 55.1 Å². The highest BCUT2D eigenvalue weighted by atomic mass is 16.1. The lowest BCUT2D eigenvalue weighted by molar-refractivity contribution is -0.124. The Labute approximate surface area is 87.4 Å². The first-order chi connectivity index (χ1) is 6.67. The van der Waals surface area contributed by atoms with E-state index in [0.717, 1.165) is 25.7 Å². The zero-order valence-electron chi connectivity index (χ0n) is 9.68. The Morgan fingerprint density at radius 3 is 2.50 bits per heavy atom. The molecule has 14 heavy (non-hydrogen) atoms. The van der Waals surface area contributed by atoms with Gasteiger partial charge in [0, 0.05) is 5.92 Å². The summed E-state index contributed by atoms with van der Waals surface area (Å²) in [5, 5.41) is 3.09. The van der Waals surface area contributed by atoms with Gasteiger partial charge in [-0.2, -0.15) is 0 Å². The van der Waals surface area contributed by atoms with E-state index < -0.39 is 0 Å². The highest BCUT2D eigenvalue weighted by Gasteiger charge is 2.20. The van der Waals surface area contributed by atoms with Crippen LogP contribution in [0.5, 0.6) is 0 Å². The van der Waals surface area contributed by atoms with Gasteiger partial charge in [0.1, 0.15) is 0 Å². The summed E-state index contributed by atoms with van der Waals surface area (Å²) >= 11 is 0. The molecule has 0 saturated heterocycles. The van der Waals surface area contributed by atoms with Crippen molar-refractivity contribution >= 4 is 5.78 Å². The molecule has 0 aromatic heterocycles. The number of likely N-dealkylation sites (N-methyl/N-ethyl adjacent to an activating group) is 1. The van der Waals surface area contributed by atoms with Gasteiger partial charge in [0.25, 0.3) is 0 Å². The van der Waals surface area contributed by atoms with Gasteiger partial charge < -0.3 is 11.1 Å². The second kappa shape index (κ2) is 7.94. The third kappa shape index (κ3) is 4.72. The molecule has 0 aromatic carbocycles. The molecule has 0 spiro atoms. The van der Waals surface area contributed by atoms with Crippen LogP contribution in [-0.4, -0.2) is 25.4 Å². The molecule has 0 radical (unpaired) electrons. The third-order valence-electron chi connectivity index (χ3n) is 2.74. The van der Waals surface area contributed by atoms with Gasteiger partial charge in [0.05, 0.1) is 6.04 Å². The monoisotopic (exact) mass is 200 g/mol. The van der Waals surface area contributed by atoms with Crippen molar-refractivity contribution in [2.45, 2.75) is 45.6 Å². The molecule has 0 aliphatic heterocycles. The van der Waals surface area contributed by atoms with Crippen LogP contribution in [0, 0.1) is 5.92 Å². The Bertz CT molecular complexity index is 159. The zero-order valence-corrected chi connectivity index (χ0v) is 9.68. The normalized spacial score (nSPS) is 15.1. The summed E-state index contributed by atoms with van der Waals surface area (Å²) in [6, 6.07) is 0.0245. The van der Waals surface area contributed by atoms with Crippen molar-refractivity contribution in [3.63, 3.8) is 0 Å².